The van der Waals surface area contributed by atoms with Gasteiger partial charge in [-0.2, -0.15) is 5.10 Å². The first-order valence-electron chi connectivity index (χ1n) is 14.1. The first kappa shape index (κ1) is 31.6. The van der Waals surface area contributed by atoms with Crippen molar-refractivity contribution in [2.75, 3.05) is 14.2 Å². The van der Waals surface area contributed by atoms with Crippen LogP contribution in [0.3, 0.4) is 0 Å². The number of carbonyl (C=O) groups excluding carboxylic acids is 2. The average molecular weight is 633 g/mol. The van der Waals surface area contributed by atoms with Gasteiger partial charge in [-0.1, -0.05) is 66.2 Å². The van der Waals surface area contributed by atoms with Gasteiger partial charge in [-0.3, -0.25) is 9.59 Å². The highest BCUT2D eigenvalue weighted by molar-refractivity contribution is 6.31. The smallest absolute Gasteiger partial charge is 0.189 e. The molecule has 9 heteroatoms. The van der Waals surface area contributed by atoms with E-state index in [9.17, 15) is 19.8 Å². The molecule has 5 aromatic rings. The summed E-state index contributed by atoms with van der Waals surface area (Å²) in [6.45, 7) is 0. The summed E-state index contributed by atoms with van der Waals surface area (Å²) in [6.07, 6.45) is 8.92. The Morgan fingerprint density at radius 2 is 1.30 bits per heavy atom. The zero-order valence-corrected chi connectivity index (χ0v) is 25.7. The van der Waals surface area contributed by atoms with Gasteiger partial charge >= 0.3 is 0 Å². The molecule has 0 radical (unpaired) electrons. The molecule has 46 heavy (non-hydrogen) atoms. The molecule has 0 bridgehead atoms. The molecular formula is C37H29ClN2O6. The molecule has 230 valence electrons. The first-order valence-corrected chi connectivity index (χ1v) is 14.4. The van der Waals surface area contributed by atoms with Gasteiger partial charge in [0.2, 0.25) is 0 Å². The van der Waals surface area contributed by atoms with Crippen LogP contribution in [0.25, 0.3) is 35.2 Å². The molecule has 0 aliphatic heterocycles. The van der Waals surface area contributed by atoms with E-state index < -0.39 is 11.6 Å². The fraction of sp³-hybridized carbons (Fsp3) is 0.0541. The number of phenolic OH excluding ortho intramolecular Hbond substituents is 2. The molecule has 0 unspecified atom stereocenters. The number of allylic oxidation sites excluding steroid dienone is 3. The van der Waals surface area contributed by atoms with Gasteiger partial charge in [-0.15, -0.1) is 0 Å². The number of ketones is 2. The van der Waals surface area contributed by atoms with Gasteiger partial charge in [0, 0.05) is 22.3 Å². The normalized spacial score (nSPS) is 11.1. The number of benzene rings is 4. The molecule has 1 aromatic heterocycles. The van der Waals surface area contributed by atoms with Crippen LogP contribution in [0.4, 0.5) is 0 Å². The van der Waals surface area contributed by atoms with Crippen molar-refractivity contribution in [3.63, 3.8) is 0 Å². The van der Waals surface area contributed by atoms with Crippen molar-refractivity contribution in [3.8, 4) is 39.9 Å². The zero-order chi connectivity index (χ0) is 32.6. The Labute approximate surface area is 270 Å². The standard InChI is InChI=1S/C37H29ClN2O6/c1-45-35-20-24(10-18-33(35)43)8-16-31(41)30(32(42)17-9-25-11-19-34(44)36(21-25)46-2)22-27-23-40(29-6-4-3-5-7-29)39-37(27)26-12-14-28(38)15-13-26/h3-23,43-44H,1-2H3/b16-8+,17-9+. The van der Waals surface area contributed by atoms with Crippen molar-refractivity contribution in [2.45, 2.75) is 0 Å². The van der Waals surface area contributed by atoms with E-state index in [0.717, 1.165) is 11.3 Å². The minimum atomic E-state index is -0.556. The molecule has 4 aromatic carbocycles. The monoisotopic (exact) mass is 632 g/mol. The minimum Gasteiger partial charge on any atom is -0.504 e. The molecule has 0 aliphatic rings. The number of para-hydroxylation sites is 1. The van der Waals surface area contributed by atoms with Crippen LogP contribution in [-0.4, -0.2) is 45.8 Å². The quantitative estimate of drug-likeness (QED) is 0.0878. The van der Waals surface area contributed by atoms with E-state index in [-0.39, 0.29) is 28.6 Å². The Morgan fingerprint density at radius 3 is 1.83 bits per heavy atom. The minimum absolute atomic E-state index is 0.0390. The Kier molecular flexibility index (Phi) is 9.80. The zero-order valence-electron chi connectivity index (χ0n) is 24.9. The van der Waals surface area contributed by atoms with Gasteiger partial charge in [-0.25, -0.2) is 4.68 Å². The van der Waals surface area contributed by atoms with Gasteiger partial charge in [-0.05, 0) is 77.9 Å². The lowest BCUT2D eigenvalue weighted by Gasteiger charge is -2.05. The van der Waals surface area contributed by atoms with Gasteiger partial charge < -0.3 is 19.7 Å². The van der Waals surface area contributed by atoms with E-state index in [0.29, 0.717) is 27.4 Å². The third kappa shape index (κ3) is 7.43. The Balaban J connectivity index is 1.60. The maximum Gasteiger partial charge on any atom is 0.189 e. The van der Waals surface area contributed by atoms with Crippen LogP contribution in [0.5, 0.6) is 23.0 Å². The van der Waals surface area contributed by atoms with Crippen molar-refractivity contribution < 1.29 is 29.3 Å². The Hall–Kier alpha value is -5.86. The highest BCUT2D eigenvalue weighted by atomic mass is 35.5. The number of aromatic hydroxyl groups is 2. The summed E-state index contributed by atoms with van der Waals surface area (Å²) < 4.78 is 12.0. The molecule has 8 nitrogen and oxygen atoms in total. The van der Waals surface area contributed by atoms with Gasteiger partial charge in [0.1, 0.15) is 0 Å². The lowest BCUT2D eigenvalue weighted by atomic mass is 9.99. The summed E-state index contributed by atoms with van der Waals surface area (Å²) in [5.74, 6) is -0.700. The SMILES string of the molecule is COc1cc(/C=C/C(=O)C(=Cc2cn(-c3ccccc3)nc2-c2ccc(Cl)cc2)C(=O)/C=C/c2ccc(O)c(OC)c2)ccc1O. The topological polar surface area (TPSA) is 111 Å². The number of nitrogens with zero attached hydrogens (tertiary/aromatic N) is 2. The van der Waals surface area contributed by atoms with Crippen LogP contribution in [0, 0.1) is 0 Å². The number of hydrogen-bond acceptors (Lipinski definition) is 7. The maximum absolute atomic E-state index is 13.7. The number of phenols is 2. The molecule has 1 heterocycles. The summed E-state index contributed by atoms with van der Waals surface area (Å²) in [5, 5.41) is 25.2. The predicted octanol–water partition coefficient (Wildman–Crippen LogP) is 7.57. The second-order valence-corrected chi connectivity index (χ2v) is 10.5. The summed E-state index contributed by atoms with van der Waals surface area (Å²) in [5.41, 5.74) is 3.65. The number of ether oxygens (including phenoxy) is 2. The Bertz CT molecular complexity index is 1900. The average Bonchev–Trinajstić information content (AvgIpc) is 3.50. The molecule has 0 saturated carbocycles. The number of hydrogen-bond donors (Lipinski definition) is 2. The van der Waals surface area contributed by atoms with Crippen molar-refractivity contribution in [2.24, 2.45) is 0 Å². The van der Waals surface area contributed by atoms with Crippen LogP contribution >= 0.6 is 11.6 Å². The number of halogens is 1. The number of carbonyl (C=O) groups is 2. The van der Waals surface area contributed by atoms with Crippen molar-refractivity contribution in [3.05, 3.63) is 137 Å². The molecule has 0 saturated heterocycles. The van der Waals surface area contributed by atoms with Crippen LogP contribution in [-0.2, 0) is 9.59 Å². The fourth-order valence-corrected chi connectivity index (χ4v) is 4.70. The van der Waals surface area contributed by atoms with Crippen molar-refractivity contribution >= 4 is 41.4 Å². The summed E-state index contributed by atoms with van der Waals surface area (Å²) in [4.78, 5) is 27.4. The van der Waals surface area contributed by atoms with E-state index >= 15 is 0 Å². The second-order valence-electron chi connectivity index (χ2n) is 10.0. The molecule has 0 fully saturated rings. The molecule has 0 spiro atoms. The van der Waals surface area contributed by atoms with Gasteiger partial charge in [0.25, 0.3) is 0 Å². The Morgan fingerprint density at radius 1 is 0.761 bits per heavy atom. The third-order valence-electron chi connectivity index (χ3n) is 6.97. The molecule has 0 aliphatic carbocycles. The summed E-state index contributed by atoms with van der Waals surface area (Å²) >= 11 is 6.15. The molecular weight excluding hydrogens is 604 g/mol. The molecule has 2 N–H and O–H groups in total. The van der Waals surface area contributed by atoms with E-state index in [4.69, 9.17) is 26.2 Å². The number of rotatable bonds is 11. The molecule has 5 rings (SSSR count). The summed E-state index contributed by atoms with van der Waals surface area (Å²) in [7, 11) is 2.86. The highest BCUT2D eigenvalue weighted by Gasteiger charge is 2.18. The van der Waals surface area contributed by atoms with Crippen LogP contribution in [0.15, 0.2) is 115 Å². The van der Waals surface area contributed by atoms with Gasteiger partial charge in [0.15, 0.2) is 34.6 Å². The van der Waals surface area contributed by atoms with E-state index in [1.807, 2.05) is 42.5 Å². The number of aromatic nitrogens is 2. The van der Waals surface area contributed by atoms with Gasteiger partial charge in [0.05, 0.1) is 31.2 Å². The fourth-order valence-electron chi connectivity index (χ4n) is 4.58. The van der Waals surface area contributed by atoms with Crippen LogP contribution in [0.2, 0.25) is 5.02 Å². The number of methoxy groups -OCH3 is 2. The lowest BCUT2D eigenvalue weighted by molar-refractivity contribution is -0.116. The van der Waals surface area contributed by atoms with Crippen molar-refractivity contribution in [1.29, 1.82) is 0 Å². The third-order valence-corrected chi connectivity index (χ3v) is 7.23. The lowest BCUT2D eigenvalue weighted by Crippen LogP contribution is -2.08. The second kappa shape index (κ2) is 14.3. The summed E-state index contributed by atoms with van der Waals surface area (Å²) in [6, 6.07) is 25.9. The first-order chi connectivity index (χ1) is 22.2. The predicted molar refractivity (Wildman–Crippen MR) is 179 cm³/mol. The van der Waals surface area contributed by atoms with E-state index in [2.05, 4.69) is 0 Å². The van der Waals surface area contributed by atoms with Crippen molar-refractivity contribution in [1.82, 2.24) is 9.78 Å². The van der Waals surface area contributed by atoms with Crippen LogP contribution < -0.4 is 9.47 Å². The highest BCUT2D eigenvalue weighted by Crippen LogP contribution is 2.30. The van der Waals surface area contributed by atoms with E-state index in [1.165, 1.54) is 56.7 Å². The maximum atomic E-state index is 13.7. The molecule has 0 amide bonds. The van der Waals surface area contributed by atoms with Crippen LogP contribution in [0.1, 0.15) is 16.7 Å². The largest absolute Gasteiger partial charge is 0.504 e. The molecule has 0 atom stereocenters. The van der Waals surface area contributed by atoms with E-state index in [1.54, 1.807) is 47.3 Å².